The molecule has 8 nitrogen and oxygen atoms in total. The summed E-state index contributed by atoms with van der Waals surface area (Å²) in [6.45, 7) is 3.88. The predicted molar refractivity (Wildman–Crippen MR) is 89.9 cm³/mol. The first-order valence-electron chi connectivity index (χ1n) is 8.66. The molecule has 2 aliphatic heterocycles. The van der Waals surface area contributed by atoms with Crippen LogP contribution < -0.4 is 4.90 Å². The second kappa shape index (κ2) is 6.79. The molecule has 2 aromatic rings. The van der Waals surface area contributed by atoms with E-state index in [0.29, 0.717) is 5.92 Å². The van der Waals surface area contributed by atoms with Crippen molar-refractivity contribution in [1.29, 1.82) is 0 Å². The van der Waals surface area contributed by atoms with Gasteiger partial charge in [0, 0.05) is 50.5 Å². The van der Waals surface area contributed by atoms with Gasteiger partial charge in [-0.15, -0.1) is 0 Å². The van der Waals surface area contributed by atoms with Crippen molar-refractivity contribution in [2.75, 3.05) is 31.2 Å². The molecule has 0 bridgehead atoms. The Hall–Kier alpha value is -2.48. The van der Waals surface area contributed by atoms with Crippen LogP contribution in [0.2, 0.25) is 0 Å². The largest absolute Gasteiger partial charge is 0.477 e. The summed E-state index contributed by atoms with van der Waals surface area (Å²) in [4.78, 5) is 21.9. The number of aromatic carboxylic acids is 1. The number of hydrogen-bond donors (Lipinski definition) is 1. The summed E-state index contributed by atoms with van der Waals surface area (Å²) in [5.41, 5.74) is 0.946. The van der Waals surface area contributed by atoms with Crippen molar-refractivity contribution >= 4 is 11.7 Å². The molecule has 0 spiro atoms. The minimum absolute atomic E-state index is 0.0689. The molecule has 2 aromatic heterocycles. The van der Waals surface area contributed by atoms with E-state index in [0.717, 1.165) is 69.4 Å². The second-order valence-electron chi connectivity index (χ2n) is 6.44. The Morgan fingerprint density at radius 3 is 2.88 bits per heavy atom. The maximum absolute atomic E-state index is 11.1. The Bertz CT molecular complexity index is 744. The molecule has 1 saturated heterocycles. The first-order valence-corrected chi connectivity index (χ1v) is 8.66. The van der Waals surface area contributed by atoms with Crippen LogP contribution >= 0.6 is 0 Å². The number of anilines is 1. The summed E-state index contributed by atoms with van der Waals surface area (Å²) in [6.07, 6.45) is 4.32. The first-order chi connectivity index (χ1) is 12.2. The number of carbonyl (C=O) groups is 1. The van der Waals surface area contributed by atoms with E-state index in [-0.39, 0.29) is 5.69 Å². The monoisotopic (exact) mass is 343 g/mol. The molecular formula is C17H21N5O3. The second-order valence-corrected chi connectivity index (χ2v) is 6.44. The van der Waals surface area contributed by atoms with Gasteiger partial charge >= 0.3 is 5.97 Å². The maximum Gasteiger partial charge on any atom is 0.354 e. The molecule has 0 aliphatic carbocycles. The van der Waals surface area contributed by atoms with Gasteiger partial charge in [0.25, 0.3) is 0 Å². The van der Waals surface area contributed by atoms with E-state index < -0.39 is 5.97 Å². The summed E-state index contributed by atoms with van der Waals surface area (Å²) in [6, 6.07) is 3.47. The van der Waals surface area contributed by atoms with Crippen LogP contribution in [-0.2, 0) is 17.7 Å². The van der Waals surface area contributed by atoms with Crippen LogP contribution in [0.5, 0.6) is 0 Å². The third-order valence-electron chi connectivity index (χ3n) is 4.87. The Balaban J connectivity index is 1.48. The van der Waals surface area contributed by atoms with Crippen molar-refractivity contribution in [3.05, 3.63) is 35.7 Å². The van der Waals surface area contributed by atoms with Crippen LogP contribution in [0.15, 0.2) is 18.3 Å². The first kappa shape index (κ1) is 16.0. The van der Waals surface area contributed by atoms with Crippen molar-refractivity contribution in [3.8, 4) is 0 Å². The molecule has 1 N–H and O–H groups in total. The molecule has 8 heteroatoms. The third kappa shape index (κ3) is 3.34. The summed E-state index contributed by atoms with van der Waals surface area (Å²) < 4.78 is 7.42. The number of carboxylic acids is 1. The molecule has 4 rings (SSSR count). The van der Waals surface area contributed by atoms with Crippen LogP contribution in [0.25, 0.3) is 0 Å². The maximum atomic E-state index is 11.1. The molecule has 0 amide bonds. The number of fused-ring (bicyclic) bond motifs is 1. The molecule has 0 radical (unpaired) electrons. The van der Waals surface area contributed by atoms with Crippen molar-refractivity contribution in [3.63, 3.8) is 0 Å². The zero-order chi connectivity index (χ0) is 17.2. The van der Waals surface area contributed by atoms with E-state index in [1.165, 1.54) is 0 Å². The fourth-order valence-electron chi connectivity index (χ4n) is 3.44. The van der Waals surface area contributed by atoms with Crippen LogP contribution in [0.4, 0.5) is 5.69 Å². The van der Waals surface area contributed by atoms with Gasteiger partial charge in [-0.3, -0.25) is 0 Å². The lowest BCUT2D eigenvalue weighted by Crippen LogP contribution is -2.27. The van der Waals surface area contributed by atoms with E-state index in [4.69, 9.17) is 19.9 Å². The minimum atomic E-state index is -1.01. The molecule has 0 unspecified atom stereocenters. The van der Waals surface area contributed by atoms with Crippen LogP contribution in [0.3, 0.4) is 0 Å². The molecule has 1 fully saturated rings. The average Bonchev–Trinajstić information content (AvgIpc) is 2.96. The van der Waals surface area contributed by atoms with Gasteiger partial charge in [-0.05, 0) is 25.0 Å². The van der Waals surface area contributed by atoms with Crippen LogP contribution in [0.1, 0.15) is 40.9 Å². The lowest BCUT2D eigenvalue weighted by atomic mass is 10.00. The number of rotatable bonds is 3. The minimum Gasteiger partial charge on any atom is -0.477 e. The quantitative estimate of drug-likeness (QED) is 0.898. The number of carboxylic acid groups (broad SMARTS) is 1. The number of hydrogen-bond acceptors (Lipinski definition) is 6. The highest BCUT2D eigenvalue weighted by Crippen LogP contribution is 2.25. The zero-order valence-corrected chi connectivity index (χ0v) is 14.0. The van der Waals surface area contributed by atoms with E-state index in [1.807, 2.05) is 10.7 Å². The highest BCUT2D eigenvalue weighted by molar-refractivity contribution is 5.86. The SMILES string of the molecule is O=C(O)c1cc(N2CCc3nc(C4CCOCC4)nn3CC2)ccn1. The molecule has 0 aromatic carbocycles. The van der Waals surface area contributed by atoms with Gasteiger partial charge in [-0.1, -0.05) is 0 Å². The smallest absolute Gasteiger partial charge is 0.354 e. The van der Waals surface area contributed by atoms with E-state index in [1.54, 1.807) is 12.3 Å². The Kier molecular flexibility index (Phi) is 4.35. The number of pyridine rings is 1. The van der Waals surface area contributed by atoms with E-state index in [2.05, 4.69) is 9.88 Å². The standard InChI is InChI=1S/C17H21N5O3/c23-17(24)14-11-13(1-5-18-14)21-6-2-15-19-16(20-22(15)8-7-21)12-3-9-25-10-4-12/h1,5,11-12H,2-4,6-10H2,(H,23,24). The van der Waals surface area contributed by atoms with Gasteiger partial charge in [0.15, 0.2) is 5.82 Å². The normalized spacial score (nSPS) is 18.6. The van der Waals surface area contributed by atoms with Gasteiger partial charge in [0.05, 0.1) is 6.54 Å². The van der Waals surface area contributed by atoms with Gasteiger partial charge < -0.3 is 14.7 Å². The number of nitrogens with zero attached hydrogens (tertiary/aromatic N) is 5. The van der Waals surface area contributed by atoms with Gasteiger partial charge in [0.1, 0.15) is 11.5 Å². The van der Waals surface area contributed by atoms with Gasteiger partial charge in [-0.25, -0.2) is 19.4 Å². The number of ether oxygens (including phenoxy) is 1. The van der Waals surface area contributed by atoms with Crippen molar-refractivity contribution in [2.45, 2.75) is 31.7 Å². The molecule has 4 heterocycles. The van der Waals surface area contributed by atoms with Crippen molar-refractivity contribution in [2.24, 2.45) is 0 Å². The average molecular weight is 343 g/mol. The summed E-state index contributed by atoms with van der Waals surface area (Å²) in [7, 11) is 0. The number of aromatic nitrogens is 4. The highest BCUT2D eigenvalue weighted by Gasteiger charge is 2.24. The topological polar surface area (TPSA) is 93.4 Å². The Morgan fingerprint density at radius 2 is 2.08 bits per heavy atom. The molecule has 0 saturated carbocycles. The van der Waals surface area contributed by atoms with Gasteiger partial charge in [-0.2, -0.15) is 5.10 Å². The van der Waals surface area contributed by atoms with Crippen LogP contribution in [0, 0.1) is 0 Å². The zero-order valence-electron chi connectivity index (χ0n) is 14.0. The summed E-state index contributed by atoms with van der Waals surface area (Å²) in [5, 5.41) is 13.8. The highest BCUT2D eigenvalue weighted by atomic mass is 16.5. The summed E-state index contributed by atoms with van der Waals surface area (Å²) in [5.74, 6) is 1.36. The fourth-order valence-corrected chi connectivity index (χ4v) is 3.44. The van der Waals surface area contributed by atoms with Crippen LogP contribution in [-0.4, -0.2) is 57.1 Å². The molecular weight excluding hydrogens is 322 g/mol. The van der Waals surface area contributed by atoms with Crippen molar-refractivity contribution < 1.29 is 14.6 Å². The Labute approximate surface area is 145 Å². The summed E-state index contributed by atoms with van der Waals surface area (Å²) >= 11 is 0. The molecule has 25 heavy (non-hydrogen) atoms. The predicted octanol–water partition coefficient (Wildman–Crippen LogP) is 1.33. The fraction of sp³-hybridized carbons (Fsp3) is 0.529. The Morgan fingerprint density at radius 1 is 1.24 bits per heavy atom. The van der Waals surface area contributed by atoms with Gasteiger partial charge in [0.2, 0.25) is 0 Å². The van der Waals surface area contributed by atoms with E-state index in [9.17, 15) is 4.79 Å². The van der Waals surface area contributed by atoms with Crippen molar-refractivity contribution in [1.82, 2.24) is 19.7 Å². The van der Waals surface area contributed by atoms with E-state index >= 15 is 0 Å². The molecule has 132 valence electrons. The molecule has 2 aliphatic rings. The lowest BCUT2D eigenvalue weighted by Gasteiger charge is -2.22. The third-order valence-corrected chi connectivity index (χ3v) is 4.87. The molecule has 0 atom stereocenters. The lowest BCUT2D eigenvalue weighted by molar-refractivity contribution is 0.0690.